The van der Waals surface area contributed by atoms with Crippen LogP contribution in [-0.4, -0.2) is 80.0 Å². The molecule has 0 bridgehead atoms. The van der Waals surface area contributed by atoms with Crippen molar-refractivity contribution in [2.45, 2.75) is 98.3 Å². The summed E-state index contributed by atoms with van der Waals surface area (Å²) in [6, 6.07) is 0.762. The Bertz CT molecular complexity index is 621. The van der Waals surface area contributed by atoms with Crippen molar-refractivity contribution < 1.29 is 36.8 Å². The van der Waals surface area contributed by atoms with Gasteiger partial charge in [-0.3, -0.25) is 4.79 Å². The van der Waals surface area contributed by atoms with Crippen molar-refractivity contribution in [2.24, 2.45) is 5.41 Å². The lowest BCUT2D eigenvalue weighted by Crippen LogP contribution is -2.56. The van der Waals surface area contributed by atoms with Gasteiger partial charge in [-0.05, 0) is 77.6 Å². The number of hydrogen-bond acceptors (Lipinski definition) is 10. The van der Waals surface area contributed by atoms with Crippen LogP contribution in [0.2, 0.25) is 12.6 Å². The highest BCUT2D eigenvalue weighted by molar-refractivity contribution is 8.13. The Kier molecular flexibility index (Phi) is 20.7. The highest BCUT2D eigenvalue weighted by Crippen LogP contribution is 2.43. The number of rotatable bonds is 23. The van der Waals surface area contributed by atoms with Gasteiger partial charge >= 0.3 is 24.7 Å². The monoisotopic (exact) mass is 598 g/mol. The van der Waals surface area contributed by atoms with Crippen LogP contribution in [0.1, 0.15) is 80.1 Å². The first-order chi connectivity index (χ1) is 17.6. The molecule has 0 saturated heterocycles. The molecule has 12 heteroatoms. The van der Waals surface area contributed by atoms with Gasteiger partial charge in [0.15, 0.2) is 5.12 Å². The third-order valence-corrected chi connectivity index (χ3v) is 11.5. The Morgan fingerprint density at radius 3 is 2.30 bits per heavy atom. The molecule has 0 aromatic rings. The first kappa shape index (κ1) is 36.9. The Morgan fingerprint density at radius 2 is 1.73 bits per heavy atom. The Hall–Kier alpha value is -0.0862. The number of ether oxygens (including phenoxy) is 2. The predicted octanol–water partition coefficient (Wildman–Crippen LogP) is 6.19. The zero-order chi connectivity index (χ0) is 28.2. The Balaban J connectivity index is 5.97. The number of thioether (sulfide) groups is 1. The first-order valence-electron chi connectivity index (χ1n) is 13.4. The summed E-state index contributed by atoms with van der Waals surface area (Å²) in [5.74, 6) is 1.52. The summed E-state index contributed by atoms with van der Waals surface area (Å²) >= 11 is 5.70. The van der Waals surface area contributed by atoms with Crippen LogP contribution in [0.4, 0.5) is 4.79 Å². The molecule has 0 aromatic carbocycles. The standard InChI is InChI=1S/C25H50O8S2Si2/c1-8-16-28-23(27)29-20-25(9-2,24(6,15-12-13-17-34)33-36-30-10-3)21-32-37(7,31-11-4)19-14-18-35-22(5)26/h34H,8-21H2,1-7H3. The molecule has 37 heavy (non-hydrogen) atoms. The van der Waals surface area contributed by atoms with Crippen LogP contribution in [0.3, 0.4) is 0 Å². The lowest BCUT2D eigenvalue weighted by Gasteiger charge is -2.48. The zero-order valence-electron chi connectivity index (χ0n) is 24.0. The molecular weight excluding hydrogens is 549 g/mol. The van der Waals surface area contributed by atoms with Crippen LogP contribution < -0.4 is 0 Å². The van der Waals surface area contributed by atoms with Crippen LogP contribution in [0.5, 0.6) is 0 Å². The number of carbonyl (C=O) groups is 2. The largest absolute Gasteiger partial charge is 0.508 e. The number of hydrogen-bond donors (Lipinski definition) is 1. The van der Waals surface area contributed by atoms with E-state index in [9.17, 15) is 9.59 Å². The second-order valence-electron chi connectivity index (χ2n) is 9.35. The van der Waals surface area contributed by atoms with Crippen molar-refractivity contribution in [2.75, 3.05) is 44.5 Å². The molecule has 0 N–H and O–H groups in total. The highest BCUT2D eigenvalue weighted by atomic mass is 32.2. The van der Waals surface area contributed by atoms with E-state index in [4.69, 9.17) is 27.2 Å². The van der Waals surface area contributed by atoms with Gasteiger partial charge in [-0.2, -0.15) is 12.6 Å². The fraction of sp³-hybridized carbons (Fsp3) is 0.920. The summed E-state index contributed by atoms with van der Waals surface area (Å²) in [5.41, 5.74) is -1.34. The molecule has 2 radical (unpaired) electrons. The molecule has 8 nitrogen and oxygen atoms in total. The molecule has 3 atom stereocenters. The van der Waals surface area contributed by atoms with Crippen molar-refractivity contribution in [3.63, 3.8) is 0 Å². The molecule has 0 spiro atoms. The topological polar surface area (TPSA) is 89.5 Å². The average Bonchev–Trinajstić information content (AvgIpc) is 2.86. The van der Waals surface area contributed by atoms with Gasteiger partial charge in [0.05, 0.1) is 17.6 Å². The number of thiol groups is 1. The smallest absolute Gasteiger partial charge is 0.434 e. The van der Waals surface area contributed by atoms with Gasteiger partial charge < -0.3 is 27.2 Å². The average molecular weight is 599 g/mol. The van der Waals surface area contributed by atoms with Crippen molar-refractivity contribution in [3.05, 3.63) is 0 Å². The third-order valence-electron chi connectivity index (χ3n) is 6.41. The third kappa shape index (κ3) is 14.8. The normalized spacial score (nSPS) is 16.4. The molecule has 0 aliphatic rings. The van der Waals surface area contributed by atoms with Gasteiger partial charge in [0, 0.05) is 32.5 Å². The molecule has 3 unspecified atom stereocenters. The molecule has 0 amide bonds. The van der Waals surface area contributed by atoms with E-state index in [-0.39, 0.29) is 21.7 Å². The lowest BCUT2D eigenvalue weighted by molar-refractivity contribution is -0.124. The first-order valence-corrected chi connectivity index (χ1v) is 18.4. The highest BCUT2D eigenvalue weighted by Gasteiger charge is 2.50. The van der Waals surface area contributed by atoms with Gasteiger partial charge in [-0.15, -0.1) is 0 Å². The zero-order valence-corrected chi connectivity index (χ0v) is 27.7. The van der Waals surface area contributed by atoms with E-state index in [1.54, 1.807) is 6.92 Å². The van der Waals surface area contributed by atoms with E-state index in [1.807, 2.05) is 20.8 Å². The minimum absolute atomic E-state index is 0.0941. The Labute approximate surface area is 238 Å². The lowest BCUT2D eigenvalue weighted by atomic mass is 9.69. The maximum Gasteiger partial charge on any atom is 0.508 e. The van der Waals surface area contributed by atoms with E-state index >= 15 is 0 Å². The van der Waals surface area contributed by atoms with Crippen molar-refractivity contribution in [1.29, 1.82) is 0 Å². The fourth-order valence-electron chi connectivity index (χ4n) is 3.92. The van der Waals surface area contributed by atoms with Gasteiger partial charge in [-0.1, -0.05) is 25.6 Å². The van der Waals surface area contributed by atoms with Crippen LogP contribution in [0, 0.1) is 5.41 Å². The van der Waals surface area contributed by atoms with Gasteiger partial charge in [0.1, 0.15) is 6.61 Å². The van der Waals surface area contributed by atoms with Gasteiger partial charge in [-0.25, -0.2) is 4.79 Å². The number of unbranched alkanes of at least 4 members (excludes halogenated alkanes) is 1. The van der Waals surface area contributed by atoms with Crippen LogP contribution >= 0.6 is 24.4 Å². The van der Waals surface area contributed by atoms with Crippen LogP contribution in [-0.2, 0) is 32.0 Å². The molecule has 0 aromatic heterocycles. The molecule has 0 fully saturated rings. The summed E-state index contributed by atoms with van der Waals surface area (Å²) < 4.78 is 35.7. The molecular formula is C25H50O8S2Si2. The second-order valence-corrected chi connectivity index (χ2v) is 15.1. The van der Waals surface area contributed by atoms with Crippen molar-refractivity contribution in [3.8, 4) is 0 Å². The minimum atomic E-state index is -2.57. The quantitative estimate of drug-likeness (QED) is 0.0640. The molecule has 218 valence electrons. The van der Waals surface area contributed by atoms with Crippen molar-refractivity contribution in [1.82, 2.24) is 0 Å². The van der Waals surface area contributed by atoms with Crippen molar-refractivity contribution >= 4 is 54.2 Å². The maximum atomic E-state index is 12.3. The van der Waals surface area contributed by atoms with Gasteiger partial charge in [0.25, 0.3) is 0 Å². The maximum absolute atomic E-state index is 12.3. The summed E-state index contributed by atoms with van der Waals surface area (Å²) in [4.78, 5) is 23.7. The van der Waals surface area contributed by atoms with E-state index in [0.29, 0.717) is 32.8 Å². The minimum Gasteiger partial charge on any atom is -0.434 e. The molecule has 0 saturated carbocycles. The Morgan fingerprint density at radius 1 is 1.00 bits per heavy atom. The summed E-state index contributed by atoms with van der Waals surface area (Å²) in [7, 11) is -2.71. The number of carbonyl (C=O) groups excluding carboxylic acids is 2. The summed E-state index contributed by atoms with van der Waals surface area (Å²) in [6.45, 7) is 15.4. The summed E-state index contributed by atoms with van der Waals surface area (Å²) in [6.07, 6.45) is 4.10. The predicted molar refractivity (Wildman–Crippen MR) is 157 cm³/mol. The van der Waals surface area contributed by atoms with Crippen LogP contribution in [0.25, 0.3) is 0 Å². The molecule has 0 aliphatic carbocycles. The molecule has 0 aliphatic heterocycles. The molecule has 0 heterocycles. The van der Waals surface area contributed by atoms with E-state index in [0.717, 1.165) is 49.7 Å². The van der Waals surface area contributed by atoms with E-state index < -0.39 is 25.7 Å². The van der Waals surface area contributed by atoms with Gasteiger partial charge in [0.2, 0.25) is 0 Å². The van der Waals surface area contributed by atoms with E-state index in [1.165, 1.54) is 11.8 Å². The fourth-order valence-corrected chi connectivity index (χ4v) is 8.04. The molecule has 0 rings (SSSR count). The van der Waals surface area contributed by atoms with E-state index in [2.05, 4.69) is 33.0 Å². The summed E-state index contributed by atoms with van der Waals surface area (Å²) in [5, 5.41) is 0.113. The SMILES string of the molecule is CCCOC(=O)OCC(CC)(CO[Si](C)(CCCSC(C)=O)OCC)C(C)(CCCCS)O[Si]OCC. The van der Waals surface area contributed by atoms with Crippen LogP contribution in [0.15, 0.2) is 0 Å². The second kappa shape index (κ2) is 20.8.